The number of nitriles is 1. The van der Waals surface area contributed by atoms with Crippen LogP contribution in [0.25, 0.3) is 11.1 Å². The summed E-state index contributed by atoms with van der Waals surface area (Å²) in [7, 11) is -4.10. The highest BCUT2D eigenvalue weighted by atomic mass is 35.5. The summed E-state index contributed by atoms with van der Waals surface area (Å²) in [6.45, 7) is 0.105. The number of carbonyl (C=O) groups excluding carboxylic acids is 1. The van der Waals surface area contributed by atoms with Crippen molar-refractivity contribution in [1.82, 2.24) is 9.62 Å². The highest BCUT2D eigenvalue weighted by Gasteiger charge is 2.40. The first-order chi connectivity index (χ1) is 18.1. The van der Waals surface area contributed by atoms with Gasteiger partial charge in [0.15, 0.2) is 0 Å². The van der Waals surface area contributed by atoms with E-state index >= 15 is 0 Å². The Labute approximate surface area is 230 Å². The Hall–Kier alpha value is -3.42. The summed E-state index contributed by atoms with van der Waals surface area (Å²) in [6, 6.07) is 17.9. The summed E-state index contributed by atoms with van der Waals surface area (Å²) in [6.07, 6.45) is 0.679. The van der Waals surface area contributed by atoms with Gasteiger partial charge in [0.25, 0.3) is 0 Å². The van der Waals surface area contributed by atoms with Crippen molar-refractivity contribution in [3.63, 3.8) is 0 Å². The van der Waals surface area contributed by atoms with Crippen molar-refractivity contribution in [2.45, 2.75) is 36.2 Å². The third-order valence-corrected chi connectivity index (χ3v) is 8.64. The SMILES string of the molecule is N#Cc1ccccc1-c1ccc(CC(NC(=O)[C@@H]2CCCN2S(=O)(=O)c2cc(Cl)cc(Cl)c2)C(=O)O)cc1. The number of carboxylic acid groups (broad SMARTS) is 1. The van der Waals surface area contributed by atoms with Crippen molar-refractivity contribution < 1.29 is 23.1 Å². The van der Waals surface area contributed by atoms with Gasteiger partial charge in [0.1, 0.15) is 12.1 Å². The average Bonchev–Trinajstić information content (AvgIpc) is 3.39. The van der Waals surface area contributed by atoms with Crippen LogP contribution in [0.4, 0.5) is 0 Å². The summed E-state index contributed by atoms with van der Waals surface area (Å²) in [5.41, 5.74) is 2.73. The molecule has 2 N–H and O–H groups in total. The van der Waals surface area contributed by atoms with Gasteiger partial charge in [-0.05, 0) is 53.8 Å². The zero-order chi connectivity index (χ0) is 27.4. The molecule has 1 amide bonds. The van der Waals surface area contributed by atoms with Crippen LogP contribution in [0.15, 0.2) is 71.6 Å². The number of carboxylic acids is 1. The summed E-state index contributed by atoms with van der Waals surface area (Å²) in [5.74, 6) is -1.93. The lowest BCUT2D eigenvalue weighted by Crippen LogP contribution is -2.51. The van der Waals surface area contributed by atoms with Crippen LogP contribution in [0.5, 0.6) is 0 Å². The van der Waals surface area contributed by atoms with Gasteiger partial charge >= 0.3 is 5.97 Å². The first kappa shape index (κ1) is 27.6. The molecule has 0 bridgehead atoms. The third-order valence-electron chi connectivity index (χ3n) is 6.32. The second kappa shape index (κ2) is 11.5. The highest BCUT2D eigenvalue weighted by molar-refractivity contribution is 7.89. The summed E-state index contributed by atoms with van der Waals surface area (Å²) < 4.78 is 27.6. The molecule has 3 aromatic rings. The van der Waals surface area contributed by atoms with Crippen LogP contribution in [-0.2, 0) is 26.0 Å². The number of benzene rings is 3. The Balaban J connectivity index is 1.49. The van der Waals surface area contributed by atoms with Crippen LogP contribution >= 0.6 is 23.2 Å². The predicted octanol–water partition coefficient (Wildman–Crippen LogP) is 4.50. The van der Waals surface area contributed by atoms with Crippen LogP contribution in [0.3, 0.4) is 0 Å². The molecule has 1 aliphatic rings. The molecule has 1 aliphatic heterocycles. The molecule has 0 aliphatic carbocycles. The molecule has 11 heteroatoms. The average molecular weight is 572 g/mol. The van der Waals surface area contributed by atoms with E-state index < -0.39 is 34.0 Å². The standard InChI is InChI=1S/C27H23Cl2N3O5S/c28-20-13-21(29)15-22(14-20)38(36,37)32-11-3-6-25(32)26(33)31-24(27(34)35)12-17-7-9-18(10-8-17)23-5-2-1-4-19(23)16-30/h1-2,4-5,7-10,13-15,24-25H,3,6,11-12H2,(H,31,33)(H,34,35)/t24?,25-/m0/s1. The Morgan fingerprint density at radius 1 is 1.08 bits per heavy atom. The van der Waals surface area contributed by atoms with Crippen LogP contribution in [0.2, 0.25) is 10.0 Å². The fourth-order valence-electron chi connectivity index (χ4n) is 4.46. The van der Waals surface area contributed by atoms with E-state index in [9.17, 15) is 28.4 Å². The van der Waals surface area contributed by atoms with Gasteiger partial charge in [-0.1, -0.05) is 65.7 Å². The lowest BCUT2D eigenvalue weighted by molar-refractivity contribution is -0.142. The number of halogens is 2. The molecule has 196 valence electrons. The van der Waals surface area contributed by atoms with E-state index in [1.54, 1.807) is 36.4 Å². The van der Waals surface area contributed by atoms with E-state index in [0.29, 0.717) is 17.5 Å². The van der Waals surface area contributed by atoms with E-state index in [0.717, 1.165) is 15.4 Å². The third kappa shape index (κ3) is 6.00. The second-order valence-electron chi connectivity index (χ2n) is 8.84. The minimum atomic E-state index is -4.10. The van der Waals surface area contributed by atoms with Crippen molar-refractivity contribution >= 4 is 45.1 Å². The number of hydrogen-bond donors (Lipinski definition) is 2. The minimum absolute atomic E-state index is 0.00930. The van der Waals surface area contributed by atoms with Gasteiger partial charge in [-0.3, -0.25) is 4.79 Å². The monoisotopic (exact) mass is 571 g/mol. The first-order valence-corrected chi connectivity index (χ1v) is 13.9. The van der Waals surface area contributed by atoms with Crippen molar-refractivity contribution in [2.24, 2.45) is 0 Å². The summed E-state index contributed by atoms with van der Waals surface area (Å²) in [4.78, 5) is 25.0. The molecule has 0 aromatic heterocycles. The molecule has 3 aromatic carbocycles. The number of aliphatic carboxylic acids is 1. The molecule has 1 saturated heterocycles. The number of nitrogens with zero attached hydrogens (tertiary/aromatic N) is 2. The van der Waals surface area contributed by atoms with Crippen LogP contribution in [-0.4, -0.2) is 48.3 Å². The fourth-order valence-corrected chi connectivity index (χ4v) is 6.84. The van der Waals surface area contributed by atoms with E-state index in [2.05, 4.69) is 11.4 Å². The predicted molar refractivity (Wildman–Crippen MR) is 143 cm³/mol. The Morgan fingerprint density at radius 2 is 1.74 bits per heavy atom. The molecule has 2 atom stereocenters. The zero-order valence-corrected chi connectivity index (χ0v) is 22.3. The minimum Gasteiger partial charge on any atom is -0.480 e. The van der Waals surface area contributed by atoms with E-state index in [4.69, 9.17) is 23.2 Å². The second-order valence-corrected chi connectivity index (χ2v) is 11.6. The maximum atomic E-state index is 13.3. The van der Waals surface area contributed by atoms with Crippen LogP contribution < -0.4 is 5.32 Å². The molecule has 0 saturated carbocycles. The quantitative estimate of drug-likeness (QED) is 0.409. The number of nitrogens with one attached hydrogen (secondary N) is 1. The van der Waals surface area contributed by atoms with Gasteiger partial charge in [-0.15, -0.1) is 0 Å². The topological polar surface area (TPSA) is 128 Å². The number of rotatable bonds is 8. The molecule has 4 rings (SSSR count). The Bertz CT molecular complexity index is 1500. The maximum absolute atomic E-state index is 13.3. The van der Waals surface area contributed by atoms with Crippen molar-refractivity contribution in [3.8, 4) is 17.2 Å². The number of hydrogen-bond acceptors (Lipinski definition) is 5. The number of sulfonamides is 1. The van der Waals surface area contributed by atoms with Gasteiger partial charge in [0.2, 0.25) is 15.9 Å². The number of amides is 1. The van der Waals surface area contributed by atoms with Gasteiger partial charge in [-0.2, -0.15) is 9.57 Å². The van der Waals surface area contributed by atoms with Gasteiger partial charge in [0.05, 0.1) is 16.5 Å². The first-order valence-electron chi connectivity index (χ1n) is 11.7. The lowest BCUT2D eigenvalue weighted by atomic mass is 9.97. The Kier molecular flexibility index (Phi) is 8.38. The number of carbonyl (C=O) groups is 2. The van der Waals surface area contributed by atoms with Gasteiger partial charge < -0.3 is 10.4 Å². The van der Waals surface area contributed by atoms with Gasteiger partial charge in [0, 0.05) is 23.0 Å². The lowest BCUT2D eigenvalue weighted by Gasteiger charge is -2.25. The fraction of sp³-hybridized carbons (Fsp3) is 0.222. The van der Waals surface area contributed by atoms with E-state index in [1.165, 1.54) is 18.2 Å². The summed E-state index contributed by atoms with van der Waals surface area (Å²) in [5, 5.41) is 21.9. The molecule has 38 heavy (non-hydrogen) atoms. The van der Waals surface area contributed by atoms with Crippen LogP contribution in [0, 0.1) is 11.3 Å². The van der Waals surface area contributed by atoms with Crippen molar-refractivity contribution in [3.05, 3.63) is 87.9 Å². The van der Waals surface area contributed by atoms with E-state index in [-0.39, 0.29) is 34.3 Å². The molecule has 8 nitrogen and oxygen atoms in total. The Morgan fingerprint density at radius 3 is 2.37 bits per heavy atom. The van der Waals surface area contributed by atoms with E-state index in [1.807, 2.05) is 12.1 Å². The largest absolute Gasteiger partial charge is 0.480 e. The molecule has 1 unspecified atom stereocenters. The van der Waals surface area contributed by atoms with Gasteiger partial charge in [-0.25, -0.2) is 13.2 Å². The molecule has 1 fully saturated rings. The molecule has 1 heterocycles. The molecule has 0 spiro atoms. The van der Waals surface area contributed by atoms with Crippen molar-refractivity contribution in [2.75, 3.05) is 6.54 Å². The molecule has 0 radical (unpaired) electrons. The highest BCUT2D eigenvalue weighted by Crippen LogP contribution is 2.30. The molecular formula is C27H23Cl2N3O5S. The smallest absolute Gasteiger partial charge is 0.326 e. The zero-order valence-electron chi connectivity index (χ0n) is 20.0. The maximum Gasteiger partial charge on any atom is 0.326 e. The van der Waals surface area contributed by atoms with Crippen LogP contribution in [0.1, 0.15) is 24.0 Å². The molecular weight excluding hydrogens is 549 g/mol. The van der Waals surface area contributed by atoms with Crippen molar-refractivity contribution in [1.29, 1.82) is 5.26 Å². The normalized spacial score (nSPS) is 16.5. The summed E-state index contributed by atoms with van der Waals surface area (Å²) >= 11 is 12.0.